The van der Waals surface area contributed by atoms with Crippen LogP contribution in [-0.4, -0.2) is 50.0 Å². The molecule has 2 unspecified atom stereocenters. The summed E-state index contributed by atoms with van der Waals surface area (Å²) >= 11 is 5.86. The van der Waals surface area contributed by atoms with Crippen LogP contribution in [0.3, 0.4) is 0 Å². The summed E-state index contributed by atoms with van der Waals surface area (Å²) < 4.78 is 4.91. The maximum atomic E-state index is 9.73. The number of ether oxygens (including phenoxy) is 1. The van der Waals surface area contributed by atoms with Gasteiger partial charge in [-0.1, -0.05) is 23.7 Å². The third-order valence-corrected chi connectivity index (χ3v) is 3.12. The number of hydrogen-bond donors (Lipinski definition) is 2. The molecule has 0 saturated heterocycles. The SMILES string of the molecule is COCC(O)CN(C)C(CN)c1ccc(Cl)cc1. The summed E-state index contributed by atoms with van der Waals surface area (Å²) in [7, 11) is 3.51. The topological polar surface area (TPSA) is 58.7 Å². The van der Waals surface area contributed by atoms with Gasteiger partial charge in [-0.25, -0.2) is 0 Å². The standard InChI is InChI=1S/C13H21ClN2O2/c1-16(8-12(17)9-18-2)13(7-15)10-3-5-11(14)6-4-10/h3-6,12-13,17H,7-9,15H2,1-2H3. The fourth-order valence-corrected chi connectivity index (χ4v) is 2.09. The number of likely N-dealkylation sites (N-methyl/N-ethyl adjacent to an activating group) is 1. The molecule has 1 aromatic carbocycles. The molecule has 0 spiro atoms. The number of aliphatic hydroxyl groups is 1. The summed E-state index contributed by atoms with van der Waals surface area (Å²) in [5.41, 5.74) is 6.90. The van der Waals surface area contributed by atoms with Crippen LogP contribution < -0.4 is 5.73 Å². The summed E-state index contributed by atoms with van der Waals surface area (Å²) in [6.45, 7) is 1.32. The quantitative estimate of drug-likeness (QED) is 0.785. The molecular formula is C13H21ClN2O2. The molecule has 18 heavy (non-hydrogen) atoms. The number of nitrogens with two attached hydrogens (primary N) is 1. The first kappa shape index (κ1) is 15.4. The van der Waals surface area contributed by atoms with E-state index in [2.05, 4.69) is 0 Å². The van der Waals surface area contributed by atoms with Crippen LogP contribution in [0.1, 0.15) is 11.6 Å². The zero-order valence-corrected chi connectivity index (χ0v) is 11.6. The maximum Gasteiger partial charge on any atom is 0.0900 e. The second-order valence-electron chi connectivity index (χ2n) is 4.35. The number of rotatable bonds is 7. The lowest BCUT2D eigenvalue weighted by Crippen LogP contribution is -2.37. The van der Waals surface area contributed by atoms with E-state index >= 15 is 0 Å². The monoisotopic (exact) mass is 272 g/mol. The Labute approximate surface area is 113 Å². The number of nitrogens with zero attached hydrogens (tertiary/aromatic N) is 1. The lowest BCUT2D eigenvalue weighted by molar-refractivity contribution is 0.0348. The average Bonchev–Trinajstić information content (AvgIpc) is 2.32. The van der Waals surface area contributed by atoms with Gasteiger partial charge in [-0.2, -0.15) is 0 Å². The highest BCUT2D eigenvalue weighted by molar-refractivity contribution is 6.30. The van der Waals surface area contributed by atoms with Gasteiger partial charge in [0.1, 0.15) is 0 Å². The highest BCUT2D eigenvalue weighted by Gasteiger charge is 2.18. The molecule has 0 heterocycles. The minimum absolute atomic E-state index is 0.0637. The Kier molecular flexibility index (Phi) is 6.60. The van der Waals surface area contributed by atoms with E-state index in [1.807, 2.05) is 36.2 Å². The molecule has 0 aliphatic heterocycles. The van der Waals surface area contributed by atoms with Crippen molar-refractivity contribution in [2.75, 3.05) is 33.9 Å². The zero-order valence-electron chi connectivity index (χ0n) is 10.8. The van der Waals surface area contributed by atoms with Crippen LogP contribution in [-0.2, 0) is 4.74 Å². The highest BCUT2D eigenvalue weighted by Crippen LogP contribution is 2.20. The Morgan fingerprint density at radius 1 is 1.39 bits per heavy atom. The van der Waals surface area contributed by atoms with Gasteiger partial charge < -0.3 is 15.6 Å². The summed E-state index contributed by atoms with van der Waals surface area (Å²) in [6.07, 6.45) is -0.513. The average molecular weight is 273 g/mol. The van der Waals surface area contributed by atoms with E-state index in [1.54, 1.807) is 7.11 Å². The van der Waals surface area contributed by atoms with Crippen LogP contribution in [0.4, 0.5) is 0 Å². The first-order chi connectivity index (χ1) is 8.58. The molecule has 0 saturated carbocycles. The van der Waals surface area contributed by atoms with Crippen molar-refractivity contribution in [3.05, 3.63) is 34.9 Å². The van der Waals surface area contributed by atoms with Gasteiger partial charge in [-0.3, -0.25) is 4.90 Å². The lowest BCUT2D eigenvalue weighted by atomic mass is 10.1. The molecule has 1 aromatic rings. The maximum absolute atomic E-state index is 9.73. The molecule has 0 aromatic heterocycles. The van der Waals surface area contributed by atoms with Gasteiger partial charge in [0.25, 0.3) is 0 Å². The molecule has 102 valence electrons. The Hall–Kier alpha value is -0.650. The summed E-state index contributed by atoms with van der Waals surface area (Å²) in [5, 5.41) is 10.4. The molecule has 0 aliphatic carbocycles. The van der Waals surface area contributed by atoms with Crippen molar-refractivity contribution in [2.24, 2.45) is 5.73 Å². The predicted molar refractivity (Wildman–Crippen MR) is 73.8 cm³/mol. The van der Waals surface area contributed by atoms with E-state index in [9.17, 15) is 5.11 Å². The van der Waals surface area contributed by atoms with Crippen molar-refractivity contribution in [1.29, 1.82) is 0 Å². The van der Waals surface area contributed by atoms with Gasteiger partial charge in [-0.15, -0.1) is 0 Å². The van der Waals surface area contributed by atoms with Gasteiger partial charge in [0.05, 0.1) is 12.7 Å². The third-order valence-electron chi connectivity index (χ3n) is 2.87. The molecule has 4 nitrogen and oxygen atoms in total. The molecule has 5 heteroatoms. The smallest absolute Gasteiger partial charge is 0.0900 e. The summed E-state index contributed by atoms with van der Waals surface area (Å²) in [6, 6.07) is 7.67. The first-order valence-corrected chi connectivity index (χ1v) is 6.29. The molecule has 3 N–H and O–H groups in total. The summed E-state index contributed by atoms with van der Waals surface area (Å²) in [4.78, 5) is 2.02. The molecule has 1 rings (SSSR count). The first-order valence-electron chi connectivity index (χ1n) is 5.91. The molecule has 0 bridgehead atoms. The Morgan fingerprint density at radius 2 is 2.00 bits per heavy atom. The van der Waals surface area contributed by atoms with E-state index in [0.29, 0.717) is 24.7 Å². The fourth-order valence-electron chi connectivity index (χ4n) is 1.96. The van der Waals surface area contributed by atoms with Gasteiger partial charge in [0.15, 0.2) is 0 Å². The highest BCUT2D eigenvalue weighted by atomic mass is 35.5. The number of aliphatic hydroxyl groups excluding tert-OH is 1. The third kappa shape index (κ3) is 4.55. The van der Waals surface area contributed by atoms with Crippen LogP contribution in [0.25, 0.3) is 0 Å². The van der Waals surface area contributed by atoms with E-state index in [0.717, 1.165) is 5.56 Å². The van der Waals surface area contributed by atoms with Crippen molar-refractivity contribution >= 4 is 11.6 Å². The number of hydrogen-bond acceptors (Lipinski definition) is 4. The zero-order chi connectivity index (χ0) is 13.5. The van der Waals surface area contributed by atoms with Crippen LogP contribution in [0.2, 0.25) is 5.02 Å². The number of methoxy groups -OCH3 is 1. The molecule has 0 aliphatic rings. The van der Waals surface area contributed by atoms with Crippen LogP contribution in [0, 0.1) is 0 Å². The van der Waals surface area contributed by atoms with E-state index < -0.39 is 6.10 Å². The number of benzene rings is 1. The van der Waals surface area contributed by atoms with Crippen molar-refractivity contribution in [1.82, 2.24) is 4.90 Å². The molecule has 2 atom stereocenters. The van der Waals surface area contributed by atoms with Crippen molar-refractivity contribution < 1.29 is 9.84 Å². The van der Waals surface area contributed by atoms with Crippen LogP contribution in [0.15, 0.2) is 24.3 Å². The van der Waals surface area contributed by atoms with Gasteiger partial charge in [0.2, 0.25) is 0 Å². The van der Waals surface area contributed by atoms with Gasteiger partial charge >= 0.3 is 0 Å². The van der Waals surface area contributed by atoms with Gasteiger partial charge in [0, 0.05) is 31.3 Å². The minimum atomic E-state index is -0.513. The Morgan fingerprint density at radius 3 is 2.50 bits per heavy atom. The normalized spacial score (nSPS) is 14.8. The van der Waals surface area contributed by atoms with Crippen LogP contribution >= 0.6 is 11.6 Å². The fraction of sp³-hybridized carbons (Fsp3) is 0.538. The molecule has 0 fully saturated rings. The van der Waals surface area contributed by atoms with Crippen molar-refractivity contribution in [3.63, 3.8) is 0 Å². The lowest BCUT2D eigenvalue weighted by Gasteiger charge is -2.29. The van der Waals surface area contributed by atoms with Crippen molar-refractivity contribution in [2.45, 2.75) is 12.1 Å². The molecule has 0 radical (unpaired) electrons. The van der Waals surface area contributed by atoms with E-state index in [4.69, 9.17) is 22.1 Å². The second kappa shape index (κ2) is 7.71. The molecule has 0 amide bonds. The predicted octanol–water partition coefficient (Wildman–Crippen LogP) is 1.28. The minimum Gasteiger partial charge on any atom is -0.389 e. The Bertz CT molecular complexity index is 345. The van der Waals surface area contributed by atoms with Crippen LogP contribution in [0.5, 0.6) is 0 Å². The van der Waals surface area contributed by atoms with Gasteiger partial charge in [-0.05, 0) is 24.7 Å². The summed E-state index contributed by atoms with van der Waals surface area (Å²) in [5.74, 6) is 0. The van der Waals surface area contributed by atoms with E-state index in [-0.39, 0.29) is 6.04 Å². The Balaban J connectivity index is 2.67. The second-order valence-corrected chi connectivity index (χ2v) is 4.79. The largest absolute Gasteiger partial charge is 0.389 e. The molecular weight excluding hydrogens is 252 g/mol. The van der Waals surface area contributed by atoms with E-state index in [1.165, 1.54) is 0 Å². The number of halogens is 1. The van der Waals surface area contributed by atoms with Crippen molar-refractivity contribution in [3.8, 4) is 0 Å².